The zero-order valence-electron chi connectivity index (χ0n) is 12.5. The number of hydrogen-bond acceptors (Lipinski definition) is 4. The molecule has 4 aliphatic rings. The molecule has 8 unspecified atom stereocenters. The molecule has 0 aromatic carbocycles. The maximum Gasteiger partial charge on any atom is 0.309 e. The highest BCUT2D eigenvalue weighted by Gasteiger charge is 2.88. The minimum atomic E-state index is -0.0794. The minimum absolute atomic E-state index is 0.0721. The van der Waals surface area contributed by atoms with Gasteiger partial charge in [-0.3, -0.25) is 10.1 Å². The van der Waals surface area contributed by atoms with E-state index in [1.165, 1.54) is 20.0 Å². The van der Waals surface area contributed by atoms with E-state index < -0.39 is 0 Å². The summed E-state index contributed by atoms with van der Waals surface area (Å²) in [5, 5.41) is 9.04. The lowest BCUT2D eigenvalue weighted by Crippen LogP contribution is -2.35. The molecule has 4 aliphatic carbocycles. The summed E-state index contributed by atoms with van der Waals surface area (Å²) < 4.78 is 5.14. The second-order valence-corrected chi connectivity index (χ2v) is 7.56. The third-order valence-electron chi connectivity index (χ3n) is 7.83. The SMILES string of the molecule is CCC12CC3CC1C1(C(C)C31)C(C(=O)OC)C2COO. The van der Waals surface area contributed by atoms with Crippen molar-refractivity contribution >= 4 is 5.97 Å². The zero-order chi connectivity index (χ0) is 14.3. The van der Waals surface area contributed by atoms with E-state index in [9.17, 15) is 4.79 Å². The van der Waals surface area contributed by atoms with Crippen molar-refractivity contribution in [1.29, 1.82) is 0 Å². The van der Waals surface area contributed by atoms with Gasteiger partial charge >= 0.3 is 5.97 Å². The van der Waals surface area contributed by atoms with E-state index in [1.807, 2.05) is 0 Å². The molecule has 112 valence electrons. The molecule has 4 heteroatoms. The van der Waals surface area contributed by atoms with Crippen molar-refractivity contribution < 1.29 is 19.7 Å². The fourth-order valence-corrected chi connectivity index (χ4v) is 7.53. The van der Waals surface area contributed by atoms with Gasteiger partial charge in [-0.15, -0.1) is 0 Å². The van der Waals surface area contributed by atoms with Crippen LogP contribution in [0.25, 0.3) is 0 Å². The van der Waals surface area contributed by atoms with E-state index in [2.05, 4.69) is 18.7 Å². The van der Waals surface area contributed by atoms with Crippen LogP contribution in [0.5, 0.6) is 0 Å². The van der Waals surface area contributed by atoms with Crippen molar-refractivity contribution in [2.45, 2.75) is 33.1 Å². The molecule has 0 saturated heterocycles. The summed E-state index contributed by atoms with van der Waals surface area (Å²) in [5.74, 6) is 2.73. The lowest BCUT2D eigenvalue weighted by atomic mass is 9.68. The van der Waals surface area contributed by atoms with Crippen LogP contribution >= 0.6 is 0 Å². The lowest BCUT2D eigenvalue weighted by molar-refractivity contribution is -0.260. The predicted molar refractivity (Wildman–Crippen MR) is 71.6 cm³/mol. The van der Waals surface area contributed by atoms with Crippen LogP contribution in [0.4, 0.5) is 0 Å². The van der Waals surface area contributed by atoms with Gasteiger partial charge in [0, 0.05) is 5.92 Å². The summed E-state index contributed by atoms with van der Waals surface area (Å²) in [4.78, 5) is 17.0. The van der Waals surface area contributed by atoms with E-state index in [1.54, 1.807) is 0 Å². The number of methoxy groups -OCH3 is 1. The first-order valence-electron chi connectivity index (χ1n) is 7.93. The molecule has 1 N–H and O–H groups in total. The molecule has 8 atom stereocenters. The van der Waals surface area contributed by atoms with Crippen molar-refractivity contribution in [2.24, 2.45) is 46.3 Å². The van der Waals surface area contributed by atoms with Crippen molar-refractivity contribution in [3.05, 3.63) is 0 Å². The predicted octanol–water partition coefficient (Wildman–Crippen LogP) is 2.58. The fourth-order valence-electron chi connectivity index (χ4n) is 7.53. The normalized spacial score (nSPS) is 57.8. The van der Waals surface area contributed by atoms with Gasteiger partial charge in [-0.1, -0.05) is 13.8 Å². The molecule has 2 bridgehead atoms. The Kier molecular flexibility index (Phi) is 2.47. The monoisotopic (exact) mass is 280 g/mol. The molecule has 20 heavy (non-hydrogen) atoms. The Bertz CT molecular complexity index is 463. The highest BCUT2D eigenvalue weighted by Crippen LogP contribution is 2.90. The molecule has 4 nitrogen and oxygen atoms in total. The Morgan fingerprint density at radius 3 is 2.80 bits per heavy atom. The molecule has 0 heterocycles. The van der Waals surface area contributed by atoms with Crippen molar-refractivity contribution in [3.8, 4) is 0 Å². The van der Waals surface area contributed by atoms with E-state index in [-0.39, 0.29) is 35.2 Å². The molecule has 0 aliphatic heterocycles. The average molecular weight is 280 g/mol. The van der Waals surface area contributed by atoms with Crippen LogP contribution in [-0.2, 0) is 14.4 Å². The number of carbonyl (C=O) groups is 1. The van der Waals surface area contributed by atoms with Gasteiger partial charge < -0.3 is 4.74 Å². The van der Waals surface area contributed by atoms with Crippen LogP contribution in [-0.4, -0.2) is 24.9 Å². The fraction of sp³-hybridized carbons (Fsp3) is 0.938. The molecule has 0 aromatic heterocycles. The number of ether oxygens (including phenoxy) is 1. The maximum atomic E-state index is 12.5. The molecule has 4 fully saturated rings. The van der Waals surface area contributed by atoms with Gasteiger partial charge in [0.25, 0.3) is 0 Å². The van der Waals surface area contributed by atoms with E-state index in [0.29, 0.717) is 17.8 Å². The molecule has 0 amide bonds. The molecular formula is C16H24O4. The van der Waals surface area contributed by atoms with Gasteiger partial charge in [0.05, 0.1) is 19.6 Å². The topological polar surface area (TPSA) is 55.8 Å². The minimum Gasteiger partial charge on any atom is -0.469 e. The Labute approximate surface area is 119 Å². The first kappa shape index (κ1) is 13.1. The third-order valence-corrected chi connectivity index (χ3v) is 7.83. The highest BCUT2D eigenvalue weighted by molar-refractivity contribution is 5.76. The lowest BCUT2D eigenvalue weighted by Gasteiger charge is -2.36. The second kappa shape index (κ2) is 3.77. The molecule has 4 saturated carbocycles. The summed E-state index contributed by atoms with van der Waals surface area (Å²) in [6.45, 7) is 4.83. The Morgan fingerprint density at radius 2 is 2.20 bits per heavy atom. The van der Waals surface area contributed by atoms with E-state index in [0.717, 1.165) is 12.3 Å². The van der Waals surface area contributed by atoms with Crippen LogP contribution in [0.15, 0.2) is 0 Å². The Morgan fingerprint density at radius 1 is 1.45 bits per heavy atom. The number of rotatable bonds is 4. The smallest absolute Gasteiger partial charge is 0.309 e. The number of fused-ring (bicyclic) bond motifs is 2. The first-order chi connectivity index (χ1) is 9.59. The summed E-state index contributed by atoms with van der Waals surface area (Å²) in [6, 6.07) is 0. The molecular weight excluding hydrogens is 256 g/mol. The Hall–Kier alpha value is -0.610. The quantitative estimate of drug-likeness (QED) is 0.488. The van der Waals surface area contributed by atoms with Crippen LogP contribution in [0.1, 0.15) is 33.1 Å². The molecule has 0 aromatic rings. The largest absolute Gasteiger partial charge is 0.469 e. The van der Waals surface area contributed by atoms with Crippen molar-refractivity contribution in [2.75, 3.05) is 13.7 Å². The van der Waals surface area contributed by atoms with Crippen LogP contribution in [0.2, 0.25) is 0 Å². The third kappa shape index (κ3) is 1.06. The van der Waals surface area contributed by atoms with Gasteiger partial charge in [0.2, 0.25) is 0 Å². The standard InChI is InChI=1S/C16H24O4/c1-4-15-6-9-5-11(15)16(8(2)12(9)16)13(14(17)19-3)10(15)7-20-18/h8-13,18H,4-7H2,1-3H3. The van der Waals surface area contributed by atoms with Crippen molar-refractivity contribution in [3.63, 3.8) is 0 Å². The maximum absolute atomic E-state index is 12.5. The zero-order valence-corrected chi connectivity index (χ0v) is 12.5. The van der Waals surface area contributed by atoms with Gasteiger partial charge in [-0.25, -0.2) is 4.89 Å². The number of carbonyl (C=O) groups excluding carboxylic acids is 1. The molecule has 4 rings (SSSR count). The van der Waals surface area contributed by atoms with E-state index >= 15 is 0 Å². The molecule has 1 spiro atoms. The average Bonchev–Trinajstić information content (AvgIpc) is 2.77. The van der Waals surface area contributed by atoms with Gasteiger partial charge in [0.15, 0.2) is 0 Å². The Balaban J connectivity index is 1.84. The van der Waals surface area contributed by atoms with Crippen LogP contribution in [0, 0.1) is 46.3 Å². The number of hydrogen-bond donors (Lipinski definition) is 1. The second-order valence-electron chi connectivity index (χ2n) is 7.56. The first-order valence-corrected chi connectivity index (χ1v) is 7.93. The summed E-state index contributed by atoms with van der Waals surface area (Å²) in [5.41, 5.74) is 0.350. The highest BCUT2D eigenvalue weighted by atomic mass is 17.1. The summed E-state index contributed by atoms with van der Waals surface area (Å²) in [6.07, 6.45) is 3.57. The summed E-state index contributed by atoms with van der Waals surface area (Å²) in [7, 11) is 1.49. The van der Waals surface area contributed by atoms with E-state index in [4.69, 9.17) is 9.99 Å². The van der Waals surface area contributed by atoms with Gasteiger partial charge in [0.1, 0.15) is 0 Å². The van der Waals surface area contributed by atoms with Crippen LogP contribution < -0.4 is 0 Å². The van der Waals surface area contributed by atoms with Gasteiger partial charge in [-0.2, -0.15) is 0 Å². The van der Waals surface area contributed by atoms with Crippen LogP contribution in [0.3, 0.4) is 0 Å². The molecule has 0 radical (unpaired) electrons. The van der Waals surface area contributed by atoms with Gasteiger partial charge in [-0.05, 0) is 53.8 Å². The summed E-state index contributed by atoms with van der Waals surface area (Å²) >= 11 is 0. The van der Waals surface area contributed by atoms with Crippen molar-refractivity contribution in [1.82, 2.24) is 0 Å². The number of esters is 1.